The van der Waals surface area contributed by atoms with Gasteiger partial charge in [0.2, 0.25) is 0 Å². The number of rotatable bonds is 2. The Bertz CT molecular complexity index is 541. The minimum Gasteiger partial charge on any atom is -0.399 e. The van der Waals surface area contributed by atoms with Crippen molar-refractivity contribution in [1.29, 1.82) is 0 Å². The van der Waals surface area contributed by atoms with Crippen LogP contribution in [0.2, 0.25) is 0 Å². The lowest BCUT2D eigenvalue weighted by Crippen LogP contribution is -2.41. The van der Waals surface area contributed by atoms with Crippen LogP contribution in [-0.4, -0.2) is 49.6 Å². The number of aromatic nitrogens is 1. The summed E-state index contributed by atoms with van der Waals surface area (Å²) >= 11 is 0. The van der Waals surface area contributed by atoms with Crippen molar-refractivity contribution in [2.24, 2.45) is 0 Å². The molecule has 0 saturated carbocycles. The van der Waals surface area contributed by atoms with Gasteiger partial charge in [-0.2, -0.15) is 0 Å². The number of morpholine rings is 1. The van der Waals surface area contributed by atoms with E-state index in [1.54, 1.807) is 0 Å². The largest absolute Gasteiger partial charge is 0.496 e. The van der Waals surface area contributed by atoms with Crippen LogP contribution in [0.4, 0.5) is 5.82 Å². The molecule has 0 aromatic carbocycles. The van der Waals surface area contributed by atoms with Gasteiger partial charge in [-0.3, -0.25) is 0 Å². The third kappa shape index (κ3) is 3.76. The second-order valence-electron chi connectivity index (χ2n) is 7.03. The van der Waals surface area contributed by atoms with Crippen LogP contribution in [-0.2, 0) is 14.0 Å². The Kier molecular flexibility index (Phi) is 5.94. The van der Waals surface area contributed by atoms with E-state index < -0.39 is 0 Å². The molecule has 0 bridgehead atoms. The van der Waals surface area contributed by atoms with Gasteiger partial charge in [0.15, 0.2) is 0 Å². The van der Waals surface area contributed by atoms with Crippen LogP contribution in [0.1, 0.15) is 47.2 Å². The first-order valence-corrected chi connectivity index (χ1v) is 8.96. The van der Waals surface area contributed by atoms with Crippen LogP contribution in [0, 0.1) is 6.92 Å². The predicted molar refractivity (Wildman–Crippen MR) is 99.1 cm³/mol. The second kappa shape index (κ2) is 7.42. The van der Waals surface area contributed by atoms with E-state index in [-0.39, 0.29) is 18.3 Å². The molecular weight excluding hydrogens is 303 g/mol. The van der Waals surface area contributed by atoms with E-state index >= 15 is 0 Å². The van der Waals surface area contributed by atoms with Gasteiger partial charge < -0.3 is 18.9 Å². The molecule has 2 saturated heterocycles. The Morgan fingerprint density at radius 2 is 1.54 bits per heavy atom. The van der Waals surface area contributed by atoms with Gasteiger partial charge in [-0.05, 0) is 40.7 Å². The van der Waals surface area contributed by atoms with Crippen molar-refractivity contribution in [2.75, 3.05) is 31.2 Å². The molecule has 0 unspecified atom stereocenters. The van der Waals surface area contributed by atoms with Crippen LogP contribution in [0.25, 0.3) is 0 Å². The summed E-state index contributed by atoms with van der Waals surface area (Å²) in [5, 5.41) is 0. The van der Waals surface area contributed by atoms with E-state index in [2.05, 4.69) is 44.7 Å². The van der Waals surface area contributed by atoms with Gasteiger partial charge >= 0.3 is 7.12 Å². The highest BCUT2D eigenvalue weighted by molar-refractivity contribution is 6.62. The number of hydrogen-bond donors (Lipinski definition) is 0. The van der Waals surface area contributed by atoms with Gasteiger partial charge in [0.05, 0.1) is 24.4 Å². The molecule has 0 aliphatic carbocycles. The number of anilines is 1. The van der Waals surface area contributed by atoms with Gasteiger partial charge in [-0.25, -0.2) is 4.98 Å². The summed E-state index contributed by atoms with van der Waals surface area (Å²) < 4.78 is 17.6. The monoisotopic (exact) mass is 334 g/mol. The molecule has 5 nitrogen and oxygen atoms in total. The van der Waals surface area contributed by atoms with Crippen molar-refractivity contribution in [1.82, 2.24) is 4.98 Å². The molecule has 1 aromatic rings. The Morgan fingerprint density at radius 3 is 2.04 bits per heavy atom. The van der Waals surface area contributed by atoms with Crippen molar-refractivity contribution in [3.63, 3.8) is 0 Å². The molecule has 2 aliphatic heterocycles. The maximum absolute atomic E-state index is 6.12. The molecule has 6 heteroatoms. The molecule has 0 radical (unpaired) electrons. The Hall–Kier alpha value is -1.11. The summed E-state index contributed by atoms with van der Waals surface area (Å²) in [5.41, 5.74) is 1.32. The minimum atomic E-state index is -0.351. The highest BCUT2D eigenvalue weighted by Gasteiger charge is 2.52. The molecule has 0 spiro atoms. The van der Waals surface area contributed by atoms with E-state index in [1.807, 2.05) is 20.8 Å². The van der Waals surface area contributed by atoms with Gasteiger partial charge in [0, 0.05) is 24.2 Å². The number of ether oxygens (including phenoxy) is 1. The summed E-state index contributed by atoms with van der Waals surface area (Å²) in [7, 11) is -0.351. The van der Waals surface area contributed by atoms with Gasteiger partial charge in [-0.15, -0.1) is 0 Å². The summed E-state index contributed by atoms with van der Waals surface area (Å²) in [5.74, 6) is 1.00. The Balaban J connectivity index is 0.00000100. The van der Waals surface area contributed by atoms with Crippen molar-refractivity contribution in [3.8, 4) is 0 Å². The zero-order valence-corrected chi connectivity index (χ0v) is 16.2. The number of aryl methyl sites for hydroxylation is 1. The summed E-state index contributed by atoms with van der Waals surface area (Å²) in [4.78, 5) is 7.00. The number of hydrogen-bond acceptors (Lipinski definition) is 5. The first-order chi connectivity index (χ1) is 11.3. The fourth-order valence-corrected chi connectivity index (χ4v) is 2.75. The fraction of sp³-hybridized carbons (Fsp3) is 0.722. The van der Waals surface area contributed by atoms with Crippen LogP contribution in [0.15, 0.2) is 12.1 Å². The highest BCUT2D eigenvalue weighted by Crippen LogP contribution is 2.36. The van der Waals surface area contributed by atoms with Gasteiger partial charge in [-0.1, -0.05) is 19.9 Å². The molecule has 3 rings (SSSR count). The van der Waals surface area contributed by atoms with E-state index in [1.165, 1.54) is 0 Å². The standard InChI is InChI=1S/C16H25BN2O3.C2H6/c1-12-13(17-21-15(2,3)16(4,5)22-17)6-7-14(18-12)19-8-10-20-11-9-19;1-2/h6-7H,8-11H2,1-5H3;1-2H3. The third-order valence-electron chi connectivity index (χ3n) is 4.95. The molecule has 2 aliphatic rings. The summed E-state index contributed by atoms with van der Waals surface area (Å²) in [6, 6.07) is 4.13. The van der Waals surface area contributed by atoms with Crippen LogP contribution in [0.3, 0.4) is 0 Å². The lowest BCUT2D eigenvalue weighted by molar-refractivity contribution is 0.00578. The second-order valence-corrected chi connectivity index (χ2v) is 7.03. The SMILES string of the molecule is CC.Cc1nc(N2CCOCC2)ccc1B1OC(C)(C)C(C)(C)O1. The average Bonchev–Trinajstić information content (AvgIpc) is 2.78. The lowest BCUT2D eigenvalue weighted by atomic mass is 9.78. The molecular formula is C18H31BN2O3. The fourth-order valence-electron chi connectivity index (χ4n) is 2.75. The van der Waals surface area contributed by atoms with Crippen LogP contribution < -0.4 is 10.4 Å². The summed E-state index contributed by atoms with van der Waals surface area (Å²) in [6.07, 6.45) is 0. The maximum Gasteiger partial charge on any atom is 0.496 e. The van der Waals surface area contributed by atoms with E-state index in [4.69, 9.17) is 19.0 Å². The zero-order valence-electron chi connectivity index (χ0n) is 16.2. The third-order valence-corrected chi connectivity index (χ3v) is 4.95. The molecule has 0 amide bonds. The number of nitrogens with zero attached hydrogens (tertiary/aromatic N) is 2. The molecule has 3 heterocycles. The predicted octanol–water partition coefficient (Wildman–Crippen LogP) is 2.55. The molecule has 1 aromatic heterocycles. The highest BCUT2D eigenvalue weighted by atomic mass is 16.7. The molecule has 0 N–H and O–H groups in total. The zero-order chi connectivity index (χ0) is 18.0. The summed E-state index contributed by atoms with van der Waals surface area (Å²) in [6.45, 7) is 17.6. The molecule has 2 fully saturated rings. The van der Waals surface area contributed by atoms with Crippen LogP contribution >= 0.6 is 0 Å². The number of pyridine rings is 1. The van der Waals surface area contributed by atoms with Gasteiger partial charge in [0.25, 0.3) is 0 Å². The molecule has 0 atom stereocenters. The maximum atomic E-state index is 6.12. The first kappa shape index (κ1) is 19.2. The Labute approximate surface area is 146 Å². The van der Waals surface area contributed by atoms with Crippen LogP contribution in [0.5, 0.6) is 0 Å². The molecule has 24 heavy (non-hydrogen) atoms. The van der Waals surface area contributed by atoms with E-state index in [0.29, 0.717) is 0 Å². The van der Waals surface area contributed by atoms with Crippen molar-refractivity contribution in [2.45, 2.75) is 59.7 Å². The molecule has 134 valence electrons. The van der Waals surface area contributed by atoms with E-state index in [9.17, 15) is 0 Å². The lowest BCUT2D eigenvalue weighted by Gasteiger charge is -2.32. The normalized spacial score (nSPS) is 22.1. The van der Waals surface area contributed by atoms with Crippen molar-refractivity contribution < 1.29 is 14.0 Å². The van der Waals surface area contributed by atoms with Crippen molar-refractivity contribution >= 4 is 18.4 Å². The average molecular weight is 334 g/mol. The Morgan fingerprint density at radius 1 is 1.00 bits per heavy atom. The van der Waals surface area contributed by atoms with Gasteiger partial charge in [0.1, 0.15) is 5.82 Å². The topological polar surface area (TPSA) is 43.8 Å². The quantitative estimate of drug-likeness (QED) is 0.778. The van der Waals surface area contributed by atoms with Crippen molar-refractivity contribution in [3.05, 3.63) is 17.8 Å². The minimum absolute atomic E-state index is 0.326. The first-order valence-electron chi connectivity index (χ1n) is 8.96. The smallest absolute Gasteiger partial charge is 0.399 e. The van der Waals surface area contributed by atoms with E-state index in [0.717, 1.165) is 43.3 Å².